The van der Waals surface area contributed by atoms with Crippen LogP contribution in [0.3, 0.4) is 0 Å². The van der Waals surface area contributed by atoms with Crippen molar-refractivity contribution < 1.29 is 27.9 Å². The number of esters is 1. The fourth-order valence-corrected chi connectivity index (χ4v) is 3.36. The number of hydrogen-bond acceptors (Lipinski definition) is 5. The number of rotatable bonds is 4. The molecule has 104 valence electrons. The fourth-order valence-electron chi connectivity index (χ4n) is 1.88. The van der Waals surface area contributed by atoms with Gasteiger partial charge in [0.25, 0.3) is 0 Å². The Morgan fingerprint density at radius 2 is 2.06 bits per heavy atom. The van der Waals surface area contributed by atoms with Crippen LogP contribution in [0.1, 0.15) is 19.8 Å². The number of sulfonamides is 1. The highest BCUT2D eigenvalue weighted by Crippen LogP contribution is 2.22. The van der Waals surface area contributed by atoms with Crippen LogP contribution in [0.2, 0.25) is 0 Å². The van der Waals surface area contributed by atoms with Crippen LogP contribution in [-0.2, 0) is 24.3 Å². The molecule has 0 radical (unpaired) electrons. The van der Waals surface area contributed by atoms with Gasteiger partial charge in [-0.05, 0) is 19.8 Å². The van der Waals surface area contributed by atoms with Crippen LogP contribution in [0.15, 0.2) is 0 Å². The summed E-state index contributed by atoms with van der Waals surface area (Å²) in [5, 5.41) is 7.27. The highest BCUT2D eigenvalue weighted by atomic mass is 32.2. The molecular weight excluding hydrogens is 262 g/mol. The summed E-state index contributed by atoms with van der Waals surface area (Å²) in [6.45, 7) is 1.36. The standard InChI is InChI=1S/C10H17NO6S/c1-7(9(12)13)18(15,16)11-5-3-4-8(6-11)10(14)17-2/h7-8H,3-6H2,1-2H3,(H,12,13). The molecule has 1 saturated heterocycles. The number of methoxy groups -OCH3 is 1. The van der Waals surface area contributed by atoms with Crippen LogP contribution in [0.25, 0.3) is 0 Å². The number of carboxylic acid groups (broad SMARTS) is 1. The molecule has 2 atom stereocenters. The van der Waals surface area contributed by atoms with Gasteiger partial charge in [0.15, 0.2) is 5.25 Å². The van der Waals surface area contributed by atoms with Crippen molar-refractivity contribution in [3.63, 3.8) is 0 Å². The predicted molar refractivity (Wildman–Crippen MR) is 62.3 cm³/mol. The minimum Gasteiger partial charge on any atom is -0.480 e. The van der Waals surface area contributed by atoms with E-state index in [0.717, 1.165) is 11.2 Å². The predicted octanol–water partition coefficient (Wildman–Crippen LogP) is -0.326. The first kappa shape index (κ1) is 14.9. The first-order valence-electron chi connectivity index (χ1n) is 5.60. The first-order valence-corrected chi connectivity index (χ1v) is 7.10. The number of piperidine rings is 1. The molecule has 2 unspecified atom stereocenters. The van der Waals surface area contributed by atoms with Gasteiger partial charge in [0.05, 0.1) is 13.0 Å². The van der Waals surface area contributed by atoms with E-state index in [2.05, 4.69) is 4.74 Å². The van der Waals surface area contributed by atoms with E-state index in [1.807, 2.05) is 0 Å². The molecule has 0 saturated carbocycles. The number of nitrogens with zero attached hydrogens (tertiary/aromatic N) is 1. The van der Waals surface area contributed by atoms with E-state index in [4.69, 9.17) is 5.11 Å². The van der Waals surface area contributed by atoms with E-state index in [1.165, 1.54) is 7.11 Å². The second kappa shape index (κ2) is 5.66. The lowest BCUT2D eigenvalue weighted by molar-refractivity contribution is -0.146. The summed E-state index contributed by atoms with van der Waals surface area (Å²) in [6.07, 6.45) is 1.07. The van der Waals surface area contributed by atoms with Gasteiger partial charge in [-0.15, -0.1) is 0 Å². The number of carboxylic acids is 1. The van der Waals surface area contributed by atoms with Gasteiger partial charge in [-0.2, -0.15) is 0 Å². The lowest BCUT2D eigenvalue weighted by Crippen LogP contribution is -2.47. The average molecular weight is 279 g/mol. The molecule has 0 spiro atoms. The Balaban J connectivity index is 2.84. The van der Waals surface area contributed by atoms with Crippen molar-refractivity contribution in [1.29, 1.82) is 0 Å². The third-order valence-electron chi connectivity index (χ3n) is 3.07. The Morgan fingerprint density at radius 3 is 2.56 bits per heavy atom. The van der Waals surface area contributed by atoms with Gasteiger partial charge >= 0.3 is 11.9 Å². The number of ether oxygens (including phenoxy) is 1. The number of carbonyl (C=O) groups excluding carboxylic acids is 1. The number of hydrogen-bond donors (Lipinski definition) is 1. The van der Waals surface area contributed by atoms with Crippen LogP contribution in [-0.4, -0.2) is 55.2 Å². The molecule has 0 aromatic heterocycles. The molecule has 8 heteroatoms. The van der Waals surface area contributed by atoms with Crippen molar-refractivity contribution in [2.75, 3.05) is 20.2 Å². The van der Waals surface area contributed by atoms with Crippen molar-refractivity contribution in [2.45, 2.75) is 25.0 Å². The van der Waals surface area contributed by atoms with Gasteiger partial charge in [0, 0.05) is 13.1 Å². The van der Waals surface area contributed by atoms with Gasteiger partial charge < -0.3 is 9.84 Å². The molecule has 1 fully saturated rings. The van der Waals surface area contributed by atoms with Crippen molar-refractivity contribution in [1.82, 2.24) is 4.31 Å². The lowest BCUT2D eigenvalue weighted by atomic mass is 10.0. The summed E-state index contributed by atoms with van der Waals surface area (Å²) in [5.74, 6) is -2.37. The molecule has 1 N–H and O–H groups in total. The van der Waals surface area contributed by atoms with Crippen molar-refractivity contribution in [2.24, 2.45) is 5.92 Å². The molecule has 1 aliphatic heterocycles. The minimum atomic E-state index is -3.91. The largest absolute Gasteiger partial charge is 0.480 e. The summed E-state index contributed by atoms with van der Waals surface area (Å²) >= 11 is 0. The lowest BCUT2D eigenvalue weighted by Gasteiger charge is -2.31. The fraction of sp³-hybridized carbons (Fsp3) is 0.800. The zero-order valence-corrected chi connectivity index (χ0v) is 11.1. The highest BCUT2D eigenvalue weighted by Gasteiger charge is 2.38. The maximum atomic E-state index is 12.0. The topological polar surface area (TPSA) is 101 Å². The summed E-state index contributed by atoms with van der Waals surface area (Å²) in [6, 6.07) is 0. The van der Waals surface area contributed by atoms with Crippen molar-refractivity contribution in [3.8, 4) is 0 Å². The quantitative estimate of drug-likeness (QED) is 0.707. The van der Waals surface area contributed by atoms with Gasteiger partial charge in [0.2, 0.25) is 10.0 Å². The highest BCUT2D eigenvalue weighted by molar-refractivity contribution is 7.90. The average Bonchev–Trinajstić information content (AvgIpc) is 2.36. The van der Waals surface area contributed by atoms with E-state index in [9.17, 15) is 18.0 Å². The summed E-state index contributed by atoms with van der Waals surface area (Å²) < 4.78 is 29.6. The molecule has 18 heavy (non-hydrogen) atoms. The van der Waals surface area contributed by atoms with E-state index >= 15 is 0 Å². The monoisotopic (exact) mass is 279 g/mol. The van der Waals surface area contributed by atoms with E-state index < -0.39 is 33.1 Å². The zero-order chi connectivity index (χ0) is 13.9. The molecule has 0 aromatic carbocycles. The van der Waals surface area contributed by atoms with Crippen LogP contribution in [0.5, 0.6) is 0 Å². The molecule has 7 nitrogen and oxygen atoms in total. The Kier molecular flexibility index (Phi) is 4.69. The maximum Gasteiger partial charge on any atom is 0.323 e. The summed E-state index contributed by atoms with van der Waals surface area (Å²) in [5.41, 5.74) is 0. The molecule has 1 rings (SSSR count). The van der Waals surface area contributed by atoms with Gasteiger partial charge in [-0.1, -0.05) is 0 Å². The smallest absolute Gasteiger partial charge is 0.323 e. The molecule has 0 aromatic rings. The Bertz CT molecular complexity index is 432. The first-order chi connectivity index (χ1) is 8.30. The number of aliphatic carboxylic acids is 1. The van der Waals surface area contributed by atoms with Crippen LogP contribution in [0.4, 0.5) is 0 Å². The molecule has 0 bridgehead atoms. The zero-order valence-electron chi connectivity index (χ0n) is 10.3. The molecule has 0 aliphatic carbocycles. The van der Waals surface area contributed by atoms with Gasteiger partial charge in [-0.25, -0.2) is 12.7 Å². The van der Waals surface area contributed by atoms with E-state index in [-0.39, 0.29) is 13.1 Å². The second-order valence-electron chi connectivity index (χ2n) is 4.25. The number of carbonyl (C=O) groups is 2. The molecule has 1 aliphatic rings. The Morgan fingerprint density at radius 1 is 1.44 bits per heavy atom. The van der Waals surface area contributed by atoms with Crippen molar-refractivity contribution >= 4 is 22.0 Å². The third-order valence-corrected chi connectivity index (χ3v) is 5.22. The third kappa shape index (κ3) is 2.99. The summed E-state index contributed by atoms with van der Waals surface area (Å²) in [4.78, 5) is 22.1. The SMILES string of the molecule is COC(=O)C1CCCN(S(=O)(=O)C(C)C(=O)O)C1. The van der Waals surface area contributed by atoms with E-state index in [0.29, 0.717) is 12.8 Å². The Hall–Kier alpha value is -1.15. The molecule has 0 amide bonds. The maximum absolute atomic E-state index is 12.0. The second-order valence-corrected chi connectivity index (χ2v) is 6.50. The normalized spacial score (nSPS) is 23.3. The van der Waals surface area contributed by atoms with Crippen LogP contribution in [0, 0.1) is 5.92 Å². The van der Waals surface area contributed by atoms with Crippen molar-refractivity contribution in [3.05, 3.63) is 0 Å². The van der Waals surface area contributed by atoms with Gasteiger partial charge in [-0.3, -0.25) is 9.59 Å². The summed E-state index contributed by atoms with van der Waals surface area (Å²) in [7, 11) is -2.66. The molecular formula is C10H17NO6S. The van der Waals surface area contributed by atoms with E-state index in [1.54, 1.807) is 0 Å². The van der Waals surface area contributed by atoms with Gasteiger partial charge in [0.1, 0.15) is 0 Å². The van der Waals surface area contributed by atoms with Crippen LogP contribution >= 0.6 is 0 Å². The molecule has 1 heterocycles. The van der Waals surface area contributed by atoms with Crippen LogP contribution < -0.4 is 0 Å². The minimum absolute atomic E-state index is 0.00731. The Labute approximate surface area is 106 Å².